The molecule has 130 valence electrons. The summed E-state index contributed by atoms with van der Waals surface area (Å²) < 4.78 is 0. The number of aromatic nitrogens is 2. The van der Waals surface area contributed by atoms with Crippen LogP contribution in [0.1, 0.15) is 31.4 Å². The van der Waals surface area contributed by atoms with E-state index in [1.165, 1.54) is 17.5 Å². The molecule has 25 heavy (non-hydrogen) atoms. The molecule has 3 aromatic rings. The molecule has 3 rings (SSSR count). The van der Waals surface area contributed by atoms with Gasteiger partial charge in [-0.2, -0.15) is 0 Å². The van der Waals surface area contributed by atoms with Gasteiger partial charge in [-0.25, -0.2) is 9.97 Å². The number of anilines is 2. The van der Waals surface area contributed by atoms with Crippen LogP contribution in [0, 0.1) is 0 Å². The molecule has 0 spiro atoms. The second kappa shape index (κ2) is 10.8. The number of nitrogens with one attached hydrogen (secondary N) is 2. The van der Waals surface area contributed by atoms with Crippen LogP contribution in [0.2, 0.25) is 0 Å². The van der Waals surface area contributed by atoms with Crippen LogP contribution in [-0.2, 0) is 13.1 Å². The van der Waals surface area contributed by atoms with Crippen LogP contribution >= 0.6 is 0 Å². The summed E-state index contributed by atoms with van der Waals surface area (Å²) in [6.07, 6.45) is 4.82. The highest BCUT2D eigenvalue weighted by atomic mass is 15.0. The lowest BCUT2D eigenvalue weighted by Crippen LogP contribution is -2.03. The number of hydrogen-bond acceptors (Lipinski definition) is 4. The fraction of sp³-hybridized carbons (Fsp3) is 0.238. The predicted molar refractivity (Wildman–Crippen MR) is 106 cm³/mol. The first-order valence-corrected chi connectivity index (χ1v) is 8.69. The van der Waals surface area contributed by atoms with Crippen molar-refractivity contribution in [2.75, 3.05) is 10.6 Å². The minimum Gasteiger partial charge on any atom is -0.366 e. The fourth-order valence-electron chi connectivity index (χ4n) is 2.09. The second-order valence-corrected chi connectivity index (χ2v) is 5.66. The van der Waals surface area contributed by atoms with E-state index in [0.29, 0.717) is 0 Å². The van der Waals surface area contributed by atoms with Gasteiger partial charge in [-0.1, -0.05) is 56.7 Å². The second-order valence-electron chi connectivity index (χ2n) is 5.66. The molecule has 2 heterocycles. The third kappa shape index (κ3) is 7.04. The Morgan fingerprint density at radius 1 is 0.640 bits per heavy atom. The smallest absolute Gasteiger partial charge is 0.126 e. The fourth-order valence-corrected chi connectivity index (χ4v) is 2.09. The van der Waals surface area contributed by atoms with Gasteiger partial charge in [0.25, 0.3) is 0 Å². The van der Waals surface area contributed by atoms with Gasteiger partial charge in [0.1, 0.15) is 11.6 Å². The summed E-state index contributed by atoms with van der Waals surface area (Å²) in [4.78, 5) is 8.49. The predicted octanol–water partition coefficient (Wildman–Crippen LogP) is 5.12. The molecule has 0 bridgehead atoms. The molecule has 0 aliphatic rings. The molecule has 0 saturated carbocycles. The van der Waals surface area contributed by atoms with Crippen molar-refractivity contribution in [3.63, 3.8) is 0 Å². The van der Waals surface area contributed by atoms with Crippen LogP contribution in [0.5, 0.6) is 0 Å². The van der Waals surface area contributed by atoms with Gasteiger partial charge in [-0.05, 0) is 35.4 Å². The topological polar surface area (TPSA) is 49.8 Å². The van der Waals surface area contributed by atoms with Crippen molar-refractivity contribution in [2.24, 2.45) is 0 Å². The zero-order chi connectivity index (χ0) is 17.7. The van der Waals surface area contributed by atoms with Crippen molar-refractivity contribution in [3.8, 4) is 0 Å². The lowest BCUT2D eigenvalue weighted by Gasteiger charge is -2.08. The Bertz CT molecular complexity index is 634. The number of nitrogens with zero attached hydrogens (tertiary/aromatic N) is 2. The molecule has 0 aliphatic carbocycles. The molecule has 0 fully saturated rings. The molecule has 2 N–H and O–H groups in total. The highest BCUT2D eigenvalue weighted by Crippen LogP contribution is 2.09. The van der Waals surface area contributed by atoms with Crippen molar-refractivity contribution in [3.05, 3.63) is 84.2 Å². The monoisotopic (exact) mass is 334 g/mol. The normalized spacial score (nSPS) is 9.68. The Balaban J connectivity index is 0.000000701. The van der Waals surface area contributed by atoms with Gasteiger partial charge in [-0.15, -0.1) is 0 Å². The van der Waals surface area contributed by atoms with Gasteiger partial charge in [0, 0.05) is 25.5 Å². The van der Waals surface area contributed by atoms with Gasteiger partial charge in [0.15, 0.2) is 0 Å². The Hall–Kier alpha value is -2.88. The van der Waals surface area contributed by atoms with Gasteiger partial charge >= 0.3 is 0 Å². The first-order valence-electron chi connectivity index (χ1n) is 8.69. The summed E-state index contributed by atoms with van der Waals surface area (Å²) >= 11 is 0. The molecule has 4 heteroatoms. The van der Waals surface area contributed by atoms with E-state index in [0.717, 1.165) is 24.7 Å². The summed E-state index contributed by atoms with van der Waals surface area (Å²) in [6.45, 7) is 5.79. The van der Waals surface area contributed by atoms with Crippen LogP contribution in [0.15, 0.2) is 73.1 Å². The molecular formula is C21H26N4. The SMILES string of the molecule is CCC.c1ccc(NCc2ccc(CNc3ccccn3)cc2)nc1. The minimum atomic E-state index is 0.769. The average molecular weight is 334 g/mol. The molecule has 1 aromatic carbocycles. The standard InChI is InChI=1S/C18H18N4.C3H8/c1-3-11-19-17(5-1)21-13-15-7-9-16(10-8-15)14-22-18-6-2-4-12-20-18;1-3-2/h1-12H,13-14H2,(H,19,21)(H,20,22);3H2,1-2H3. The van der Waals surface area contributed by atoms with E-state index in [4.69, 9.17) is 0 Å². The molecule has 0 aliphatic heterocycles. The maximum absolute atomic E-state index is 4.25. The molecule has 2 aromatic heterocycles. The van der Waals surface area contributed by atoms with Crippen LogP contribution in [0.3, 0.4) is 0 Å². The van der Waals surface area contributed by atoms with E-state index >= 15 is 0 Å². The molecule has 0 atom stereocenters. The van der Waals surface area contributed by atoms with E-state index < -0.39 is 0 Å². The summed E-state index contributed by atoms with van der Waals surface area (Å²) in [5.74, 6) is 1.78. The van der Waals surface area contributed by atoms with Crippen LogP contribution < -0.4 is 10.6 Å². The van der Waals surface area contributed by atoms with Crippen molar-refractivity contribution < 1.29 is 0 Å². The number of pyridine rings is 2. The van der Waals surface area contributed by atoms with Crippen molar-refractivity contribution in [2.45, 2.75) is 33.4 Å². The highest BCUT2D eigenvalue weighted by molar-refractivity contribution is 5.37. The third-order valence-electron chi connectivity index (χ3n) is 3.30. The molecule has 0 unspecified atom stereocenters. The van der Waals surface area contributed by atoms with E-state index in [2.05, 4.69) is 58.7 Å². The van der Waals surface area contributed by atoms with Crippen LogP contribution in [-0.4, -0.2) is 9.97 Å². The van der Waals surface area contributed by atoms with Gasteiger partial charge in [0.2, 0.25) is 0 Å². The summed E-state index contributed by atoms with van der Waals surface area (Å²) in [6, 6.07) is 20.2. The summed E-state index contributed by atoms with van der Waals surface area (Å²) in [7, 11) is 0. The van der Waals surface area contributed by atoms with Crippen LogP contribution in [0.4, 0.5) is 11.6 Å². The largest absolute Gasteiger partial charge is 0.366 e. The number of rotatable bonds is 6. The molecule has 4 nitrogen and oxygen atoms in total. The summed E-state index contributed by atoms with van der Waals surface area (Å²) in [5.41, 5.74) is 2.46. The molecular weight excluding hydrogens is 308 g/mol. The lowest BCUT2D eigenvalue weighted by molar-refractivity contribution is 1.08. The van der Waals surface area contributed by atoms with Gasteiger partial charge in [-0.3, -0.25) is 0 Å². The molecule has 0 radical (unpaired) electrons. The maximum atomic E-state index is 4.25. The lowest BCUT2D eigenvalue weighted by atomic mass is 10.1. The first kappa shape index (κ1) is 18.5. The van der Waals surface area contributed by atoms with E-state index in [9.17, 15) is 0 Å². The molecule has 0 saturated heterocycles. The number of hydrogen-bond donors (Lipinski definition) is 2. The third-order valence-corrected chi connectivity index (χ3v) is 3.30. The van der Waals surface area contributed by atoms with E-state index in [1.54, 1.807) is 12.4 Å². The molecule has 0 amide bonds. The average Bonchev–Trinajstić information content (AvgIpc) is 2.68. The first-order chi connectivity index (χ1) is 12.3. The van der Waals surface area contributed by atoms with E-state index in [1.807, 2.05) is 36.4 Å². The summed E-state index contributed by atoms with van der Waals surface area (Å²) in [5, 5.41) is 6.60. The van der Waals surface area contributed by atoms with Crippen molar-refractivity contribution in [1.29, 1.82) is 0 Å². The zero-order valence-corrected chi connectivity index (χ0v) is 14.9. The Kier molecular flexibility index (Phi) is 7.98. The van der Waals surface area contributed by atoms with Gasteiger partial charge in [0.05, 0.1) is 0 Å². The van der Waals surface area contributed by atoms with E-state index in [-0.39, 0.29) is 0 Å². The van der Waals surface area contributed by atoms with Crippen molar-refractivity contribution >= 4 is 11.6 Å². The Labute approximate surface area is 150 Å². The van der Waals surface area contributed by atoms with Crippen LogP contribution in [0.25, 0.3) is 0 Å². The Morgan fingerprint density at radius 2 is 1.04 bits per heavy atom. The highest BCUT2D eigenvalue weighted by Gasteiger charge is 1.97. The van der Waals surface area contributed by atoms with Crippen molar-refractivity contribution in [1.82, 2.24) is 9.97 Å². The number of benzene rings is 1. The quantitative estimate of drug-likeness (QED) is 0.657. The zero-order valence-electron chi connectivity index (χ0n) is 14.9. The maximum Gasteiger partial charge on any atom is 0.126 e. The Morgan fingerprint density at radius 3 is 1.36 bits per heavy atom. The van der Waals surface area contributed by atoms with Gasteiger partial charge < -0.3 is 10.6 Å². The minimum absolute atomic E-state index is 0.769.